The molecule has 0 saturated carbocycles. The first-order valence-electron chi connectivity index (χ1n) is 11.0. The Kier molecular flexibility index (Phi) is 5.24. The van der Waals surface area contributed by atoms with Crippen LogP contribution in [0.25, 0.3) is 27.7 Å². The van der Waals surface area contributed by atoms with E-state index in [2.05, 4.69) is 0 Å². The first kappa shape index (κ1) is 22.5. The van der Waals surface area contributed by atoms with Crippen molar-refractivity contribution in [2.24, 2.45) is 0 Å². The number of carbonyl (C=O) groups excluding carboxylic acids is 1. The molecule has 1 fully saturated rings. The summed E-state index contributed by atoms with van der Waals surface area (Å²) in [5.74, 6) is -1.40. The Morgan fingerprint density at radius 1 is 1.03 bits per heavy atom. The Balaban J connectivity index is 1.84. The zero-order valence-electron chi connectivity index (χ0n) is 19.2. The molecule has 1 aliphatic heterocycles. The average Bonchev–Trinajstić information content (AvgIpc) is 3.18. The molecule has 5 rings (SSSR count). The molecule has 2 N–H and O–H groups in total. The number of carboxylic acid groups (broad SMARTS) is 1. The summed E-state index contributed by atoms with van der Waals surface area (Å²) >= 11 is 0. The third kappa shape index (κ3) is 3.58. The van der Waals surface area contributed by atoms with Gasteiger partial charge in [0.1, 0.15) is 11.6 Å². The van der Waals surface area contributed by atoms with E-state index in [0.717, 1.165) is 5.69 Å². The van der Waals surface area contributed by atoms with E-state index in [1.807, 2.05) is 17.6 Å². The van der Waals surface area contributed by atoms with Gasteiger partial charge >= 0.3 is 12.1 Å². The van der Waals surface area contributed by atoms with Crippen molar-refractivity contribution in [1.82, 2.24) is 9.47 Å². The van der Waals surface area contributed by atoms with Crippen LogP contribution < -0.4 is 0 Å². The standard InChI is InChI=1S/C27H23FN2O5/c1-27(14-29(15-27)26(34)35-2)24-22(16-9-11-17(12-10-16)25(32)33)23-20(7-4-8-21(23)31)30(24)19-6-3-5-18(28)13-19/h3-13,31H,14-15H2,1-2H3,(H,32,33). The highest BCUT2D eigenvalue weighted by Gasteiger charge is 2.47. The van der Waals surface area contributed by atoms with Gasteiger partial charge in [0.2, 0.25) is 0 Å². The molecule has 0 bridgehead atoms. The number of ether oxygens (including phenoxy) is 1. The van der Waals surface area contributed by atoms with E-state index in [9.17, 15) is 24.2 Å². The number of nitrogens with zero attached hydrogens (tertiary/aromatic N) is 2. The molecule has 178 valence electrons. The third-order valence-electron chi connectivity index (χ3n) is 6.54. The fourth-order valence-corrected chi connectivity index (χ4v) is 5.04. The number of benzene rings is 3. The van der Waals surface area contributed by atoms with Crippen LogP contribution in [0.5, 0.6) is 5.75 Å². The molecular weight excluding hydrogens is 451 g/mol. The van der Waals surface area contributed by atoms with Crippen molar-refractivity contribution in [3.8, 4) is 22.6 Å². The molecule has 7 nitrogen and oxygen atoms in total. The van der Waals surface area contributed by atoms with Crippen LogP contribution in [0.15, 0.2) is 66.7 Å². The second-order valence-electron chi connectivity index (χ2n) is 8.98. The number of amides is 1. The number of carboxylic acids is 1. The van der Waals surface area contributed by atoms with Gasteiger partial charge in [0, 0.05) is 40.8 Å². The highest BCUT2D eigenvalue weighted by molar-refractivity contribution is 6.04. The normalized spacial score (nSPS) is 14.5. The molecule has 1 aromatic heterocycles. The van der Waals surface area contributed by atoms with Crippen LogP contribution in [-0.2, 0) is 10.2 Å². The minimum absolute atomic E-state index is 0.0453. The summed E-state index contributed by atoms with van der Waals surface area (Å²) in [7, 11) is 1.33. The molecule has 8 heteroatoms. The van der Waals surface area contributed by atoms with Crippen molar-refractivity contribution in [2.45, 2.75) is 12.3 Å². The monoisotopic (exact) mass is 474 g/mol. The maximum absolute atomic E-state index is 14.3. The molecule has 0 atom stereocenters. The summed E-state index contributed by atoms with van der Waals surface area (Å²) in [6, 6.07) is 17.8. The summed E-state index contributed by atoms with van der Waals surface area (Å²) in [6.07, 6.45) is -0.439. The van der Waals surface area contributed by atoms with Crippen LogP contribution in [0.3, 0.4) is 0 Å². The SMILES string of the molecule is COC(=O)N1CC(C)(c2c(-c3ccc(C(=O)O)cc3)c3c(O)cccc3n2-c2cccc(F)c2)C1. The molecule has 2 heterocycles. The topological polar surface area (TPSA) is 92.0 Å². The van der Waals surface area contributed by atoms with Gasteiger partial charge in [-0.25, -0.2) is 14.0 Å². The lowest BCUT2D eigenvalue weighted by Gasteiger charge is -2.48. The summed E-state index contributed by atoms with van der Waals surface area (Å²) in [4.78, 5) is 25.1. The van der Waals surface area contributed by atoms with Gasteiger partial charge in [-0.3, -0.25) is 0 Å². The van der Waals surface area contributed by atoms with Gasteiger partial charge < -0.3 is 24.4 Å². The molecule has 1 amide bonds. The van der Waals surface area contributed by atoms with Crippen LogP contribution in [0.1, 0.15) is 23.0 Å². The summed E-state index contributed by atoms with van der Waals surface area (Å²) in [5, 5.41) is 20.9. The van der Waals surface area contributed by atoms with E-state index in [-0.39, 0.29) is 11.3 Å². The number of hydrogen-bond acceptors (Lipinski definition) is 4. The predicted molar refractivity (Wildman–Crippen MR) is 129 cm³/mol. The minimum Gasteiger partial charge on any atom is -0.507 e. The van der Waals surface area contributed by atoms with E-state index in [1.54, 1.807) is 41.3 Å². The minimum atomic E-state index is -1.04. The lowest BCUT2D eigenvalue weighted by molar-refractivity contribution is 0.0538. The number of halogens is 1. The van der Waals surface area contributed by atoms with Gasteiger partial charge in [-0.2, -0.15) is 0 Å². The first-order valence-corrected chi connectivity index (χ1v) is 11.0. The van der Waals surface area contributed by atoms with E-state index < -0.39 is 23.3 Å². The molecule has 4 aromatic rings. The molecule has 1 saturated heterocycles. The van der Waals surface area contributed by atoms with E-state index >= 15 is 0 Å². The molecule has 0 spiro atoms. The molecular formula is C27H23FN2O5. The van der Waals surface area contributed by atoms with Crippen molar-refractivity contribution in [1.29, 1.82) is 0 Å². The van der Waals surface area contributed by atoms with E-state index in [0.29, 0.717) is 40.8 Å². The van der Waals surface area contributed by atoms with Gasteiger partial charge in [-0.1, -0.05) is 31.2 Å². The van der Waals surface area contributed by atoms with Crippen LogP contribution in [0.2, 0.25) is 0 Å². The largest absolute Gasteiger partial charge is 0.507 e. The number of rotatable bonds is 4. The van der Waals surface area contributed by atoms with Gasteiger partial charge in [-0.05, 0) is 48.0 Å². The number of phenolic OH excluding ortho intramolecular Hbond substituents is 1. The van der Waals surface area contributed by atoms with Gasteiger partial charge in [0.25, 0.3) is 0 Å². The number of methoxy groups -OCH3 is 1. The quantitative estimate of drug-likeness (QED) is 0.425. The number of phenols is 1. The Morgan fingerprint density at radius 3 is 2.34 bits per heavy atom. The number of aromatic hydroxyl groups is 1. The van der Waals surface area contributed by atoms with Crippen molar-refractivity contribution in [3.63, 3.8) is 0 Å². The highest BCUT2D eigenvalue weighted by atomic mass is 19.1. The Bertz CT molecular complexity index is 1470. The van der Waals surface area contributed by atoms with Crippen LogP contribution in [-0.4, -0.2) is 51.9 Å². The number of carbonyl (C=O) groups is 2. The fourth-order valence-electron chi connectivity index (χ4n) is 5.04. The fraction of sp³-hybridized carbons (Fsp3) is 0.185. The highest BCUT2D eigenvalue weighted by Crippen LogP contribution is 2.48. The third-order valence-corrected chi connectivity index (χ3v) is 6.54. The second-order valence-corrected chi connectivity index (χ2v) is 8.98. The molecule has 1 aliphatic rings. The van der Waals surface area contributed by atoms with Gasteiger partial charge in [0.05, 0.1) is 18.2 Å². The zero-order chi connectivity index (χ0) is 24.9. The Hall–Kier alpha value is -4.33. The van der Waals surface area contributed by atoms with Crippen molar-refractivity contribution in [2.75, 3.05) is 20.2 Å². The average molecular weight is 474 g/mol. The number of aromatic carboxylic acids is 1. The zero-order valence-corrected chi connectivity index (χ0v) is 19.2. The number of hydrogen-bond donors (Lipinski definition) is 2. The second kappa shape index (κ2) is 8.16. The van der Waals surface area contributed by atoms with E-state index in [4.69, 9.17) is 4.74 Å². The summed E-state index contributed by atoms with van der Waals surface area (Å²) in [5.41, 5.74) is 2.99. The maximum Gasteiger partial charge on any atom is 0.409 e. The molecule has 3 aromatic carbocycles. The lowest BCUT2D eigenvalue weighted by atomic mass is 9.76. The predicted octanol–water partition coefficient (Wildman–Crippen LogP) is 5.18. The number of aromatic nitrogens is 1. The van der Waals surface area contributed by atoms with Crippen molar-refractivity contribution < 1.29 is 28.9 Å². The number of fused-ring (bicyclic) bond motifs is 1. The van der Waals surface area contributed by atoms with Gasteiger partial charge in [-0.15, -0.1) is 0 Å². The smallest absolute Gasteiger partial charge is 0.409 e. The first-order chi connectivity index (χ1) is 16.7. The summed E-state index contributed by atoms with van der Waals surface area (Å²) < 4.78 is 21.1. The van der Waals surface area contributed by atoms with Gasteiger partial charge in [0.15, 0.2) is 0 Å². The van der Waals surface area contributed by atoms with Crippen molar-refractivity contribution in [3.05, 3.63) is 83.8 Å². The Labute approximate surface area is 200 Å². The molecule has 35 heavy (non-hydrogen) atoms. The van der Waals surface area contributed by atoms with Crippen LogP contribution in [0, 0.1) is 5.82 Å². The summed E-state index contributed by atoms with van der Waals surface area (Å²) in [6.45, 7) is 2.71. The molecule has 0 radical (unpaired) electrons. The lowest BCUT2D eigenvalue weighted by Crippen LogP contribution is -2.60. The Morgan fingerprint density at radius 2 is 1.71 bits per heavy atom. The number of likely N-dealkylation sites (tertiary alicyclic amines) is 1. The van der Waals surface area contributed by atoms with Crippen LogP contribution >= 0.6 is 0 Å². The molecule has 0 aliphatic carbocycles. The van der Waals surface area contributed by atoms with E-state index in [1.165, 1.54) is 31.4 Å². The van der Waals surface area contributed by atoms with Crippen molar-refractivity contribution >= 4 is 23.0 Å². The molecule has 0 unspecified atom stereocenters. The maximum atomic E-state index is 14.3. The van der Waals surface area contributed by atoms with Crippen LogP contribution in [0.4, 0.5) is 9.18 Å².